The van der Waals surface area contributed by atoms with Crippen molar-refractivity contribution in [3.05, 3.63) is 15.9 Å². The zero-order chi connectivity index (χ0) is 14.8. The van der Waals surface area contributed by atoms with Gasteiger partial charge in [0.2, 0.25) is 0 Å². The smallest absolute Gasteiger partial charge is 0.253 e. The Morgan fingerprint density at radius 3 is 2.60 bits per heavy atom. The molecule has 0 atom stereocenters. The van der Waals surface area contributed by atoms with Crippen molar-refractivity contribution >= 4 is 37.3 Å². The maximum atomic E-state index is 12.6. The summed E-state index contributed by atoms with van der Waals surface area (Å²) in [4.78, 5) is 2.41. The van der Waals surface area contributed by atoms with Gasteiger partial charge in [0.1, 0.15) is 4.21 Å². The van der Waals surface area contributed by atoms with E-state index >= 15 is 0 Å². The lowest BCUT2D eigenvalue weighted by atomic mass is 10.1. The molecule has 7 heteroatoms. The molecule has 0 spiro atoms. The SMILES string of the molecule is CCCN1CCC(N(C)S(=O)(=O)c2sccc2Br)CC1. The van der Waals surface area contributed by atoms with Crippen LogP contribution < -0.4 is 0 Å². The zero-order valence-electron chi connectivity index (χ0n) is 11.9. The van der Waals surface area contributed by atoms with Gasteiger partial charge in [0.25, 0.3) is 10.0 Å². The van der Waals surface area contributed by atoms with Crippen LogP contribution in [-0.2, 0) is 10.0 Å². The van der Waals surface area contributed by atoms with Crippen LogP contribution in [0.25, 0.3) is 0 Å². The van der Waals surface area contributed by atoms with Crippen molar-refractivity contribution < 1.29 is 8.42 Å². The van der Waals surface area contributed by atoms with Gasteiger partial charge in [-0.05, 0) is 66.3 Å². The Morgan fingerprint density at radius 1 is 1.45 bits per heavy atom. The first-order valence-electron chi connectivity index (χ1n) is 6.90. The van der Waals surface area contributed by atoms with Crippen LogP contribution in [0.5, 0.6) is 0 Å². The number of thiophene rings is 1. The van der Waals surface area contributed by atoms with Crippen LogP contribution in [0.1, 0.15) is 26.2 Å². The van der Waals surface area contributed by atoms with Gasteiger partial charge in [-0.15, -0.1) is 11.3 Å². The Morgan fingerprint density at radius 2 is 2.10 bits per heavy atom. The van der Waals surface area contributed by atoms with Crippen molar-refractivity contribution in [1.82, 2.24) is 9.21 Å². The quantitative estimate of drug-likeness (QED) is 0.787. The van der Waals surface area contributed by atoms with E-state index in [-0.39, 0.29) is 6.04 Å². The molecule has 0 N–H and O–H groups in total. The average Bonchev–Trinajstić information content (AvgIpc) is 2.86. The van der Waals surface area contributed by atoms with E-state index < -0.39 is 10.0 Å². The van der Waals surface area contributed by atoms with Crippen LogP contribution in [-0.4, -0.2) is 50.3 Å². The highest BCUT2D eigenvalue weighted by Crippen LogP contribution is 2.32. The van der Waals surface area contributed by atoms with Crippen molar-refractivity contribution in [2.75, 3.05) is 26.7 Å². The van der Waals surface area contributed by atoms with Gasteiger partial charge in [-0.2, -0.15) is 4.31 Å². The minimum atomic E-state index is -3.37. The molecule has 0 amide bonds. The van der Waals surface area contributed by atoms with Crippen molar-refractivity contribution in [2.24, 2.45) is 0 Å². The molecule has 2 heterocycles. The molecule has 0 unspecified atom stereocenters. The molecule has 1 aromatic heterocycles. The van der Waals surface area contributed by atoms with E-state index in [0.717, 1.165) is 38.9 Å². The summed E-state index contributed by atoms with van der Waals surface area (Å²) in [7, 11) is -1.66. The molecule has 1 aliphatic rings. The fraction of sp³-hybridized carbons (Fsp3) is 0.692. The van der Waals surface area contributed by atoms with Crippen LogP contribution in [0.15, 0.2) is 20.1 Å². The summed E-state index contributed by atoms with van der Waals surface area (Å²) in [6.07, 6.45) is 2.98. The Hall–Kier alpha value is 0.0500. The third-order valence-corrected chi connectivity index (χ3v) is 8.37. The lowest BCUT2D eigenvalue weighted by Gasteiger charge is -2.35. The molecule has 20 heavy (non-hydrogen) atoms. The van der Waals surface area contributed by atoms with Gasteiger partial charge >= 0.3 is 0 Å². The second kappa shape index (κ2) is 6.87. The van der Waals surface area contributed by atoms with Crippen molar-refractivity contribution in [3.63, 3.8) is 0 Å². The van der Waals surface area contributed by atoms with Gasteiger partial charge in [-0.25, -0.2) is 8.42 Å². The van der Waals surface area contributed by atoms with Crippen LogP contribution >= 0.6 is 27.3 Å². The molecular weight excluding hydrogens is 360 g/mol. The molecular formula is C13H21BrN2O2S2. The third kappa shape index (κ3) is 3.44. The van der Waals surface area contributed by atoms with Gasteiger partial charge in [0, 0.05) is 17.6 Å². The highest BCUT2D eigenvalue weighted by molar-refractivity contribution is 9.10. The van der Waals surface area contributed by atoms with E-state index in [2.05, 4.69) is 27.8 Å². The van der Waals surface area contributed by atoms with Gasteiger partial charge in [0.15, 0.2) is 0 Å². The van der Waals surface area contributed by atoms with Gasteiger partial charge < -0.3 is 4.90 Å². The lowest BCUT2D eigenvalue weighted by molar-refractivity contribution is 0.170. The Balaban J connectivity index is 2.05. The average molecular weight is 381 g/mol. The van der Waals surface area contributed by atoms with E-state index in [9.17, 15) is 8.42 Å². The number of hydrogen-bond donors (Lipinski definition) is 0. The minimum absolute atomic E-state index is 0.113. The first-order chi connectivity index (χ1) is 9.46. The highest BCUT2D eigenvalue weighted by atomic mass is 79.9. The minimum Gasteiger partial charge on any atom is -0.303 e. The fourth-order valence-corrected chi connectivity index (χ4v) is 6.51. The molecule has 1 saturated heterocycles. The standard InChI is InChI=1S/C13H21BrN2O2S2/c1-3-7-16-8-4-11(5-9-16)15(2)20(17,18)13-12(14)6-10-19-13/h6,10-11H,3-5,7-9H2,1-2H3. The summed E-state index contributed by atoms with van der Waals surface area (Å²) < 4.78 is 27.9. The molecule has 2 rings (SSSR count). The van der Waals surface area contributed by atoms with E-state index in [1.807, 2.05) is 0 Å². The molecule has 1 fully saturated rings. The van der Waals surface area contributed by atoms with E-state index in [0.29, 0.717) is 8.68 Å². The van der Waals surface area contributed by atoms with E-state index in [4.69, 9.17) is 0 Å². The highest BCUT2D eigenvalue weighted by Gasteiger charge is 2.32. The molecule has 4 nitrogen and oxygen atoms in total. The number of halogens is 1. The number of piperidine rings is 1. The Labute approximate surface area is 133 Å². The number of sulfonamides is 1. The summed E-state index contributed by atoms with van der Waals surface area (Å²) in [6.45, 7) is 5.27. The number of hydrogen-bond acceptors (Lipinski definition) is 4. The molecule has 114 valence electrons. The largest absolute Gasteiger partial charge is 0.303 e. The number of rotatable bonds is 5. The molecule has 0 radical (unpaired) electrons. The van der Waals surface area contributed by atoms with E-state index in [1.165, 1.54) is 11.3 Å². The van der Waals surface area contributed by atoms with E-state index in [1.54, 1.807) is 22.8 Å². The van der Waals surface area contributed by atoms with Crippen molar-refractivity contribution in [1.29, 1.82) is 0 Å². The first-order valence-corrected chi connectivity index (χ1v) is 10.0. The summed E-state index contributed by atoms with van der Waals surface area (Å²) in [5.41, 5.74) is 0. The van der Waals surface area contributed by atoms with Crippen LogP contribution in [0.3, 0.4) is 0 Å². The summed E-state index contributed by atoms with van der Waals surface area (Å²) in [5.74, 6) is 0. The maximum absolute atomic E-state index is 12.6. The molecule has 0 aromatic carbocycles. The first kappa shape index (κ1) is 16.4. The molecule has 1 aliphatic heterocycles. The zero-order valence-corrected chi connectivity index (χ0v) is 15.1. The predicted molar refractivity (Wildman–Crippen MR) is 86.7 cm³/mol. The van der Waals surface area contributed by atoms with Gasteiger partial charge in [-0.1, -0.05) is 6.92 Å². The second-order valence-electron chi connectivity index (χ2n) is 5.15. The number of likely N-dealkylation sites (tertiary alicyclic amines) is 1. The van der Waals surface area contributed by atoms with Crippen LogP contribution in [0.2, 0.25) is 0 Å². The third-order valence-electron chi connectivity index (χ3n) is 3.81. The van der Waals surface area contributed by atoms with Crippen molar-refractivity contribution in [2.45, 2.75) is 36.4 Å². The molecule has 1 aromatic rings. The lowest BCUT2D eigenvalue weighted by Crippen LogP contribution is -2.45. The van der Waals surface area contributed by atoms with Gasteiger partial charge in [-0.3, -0.25) is 0 Å². The van der Waals surface area contributed by atoms with Gasteiger partial charge in [0.05, 0.1) is 0 Å². The monoisotopic (exact) mass is 380 g/mol. The summed E-state index contributed by atoms with van der Waals surface area (Å²) in [5, 5.41) is 1.80. The number of nitrogens with zero attached hydrogens (tertiary/aromatic N) is 2. The van der Waals surface area contributed by atoms with Crippen LogP contribution in [0.4, 0.5) is 0 Å². The Bertz CT molecular complexity index is 536. The predicted octanol–water partition coefficient (Wildman–Crippen LogP) is 3.01. The summed E-state index contributed by atoms with van der Waals surface area (Å²) in [6, 6.07) is 1.90. The maximum Gasteiger partial charge on any atom is 0.253 e. The topological polar surface area (TPSA) is 40.6 Å². The fourth-order valence-electron chi connectivity index (χ4n) is 2.61. The Kier molecular flexibility index (Phi) is 5.64. The normalized spacial score (nSPS) is 18.8. The van der Waals surface area contributed by atoms with Crippen molar-refractivity contribution in [3.8, 4) is 0 Å². The molecule has 0 bridgehead atoms. The summed E-state index contributed by atoms with van der Waals surface area (Å²) >= 11 is 4.59. The molecule has 0 aliphatic carbocycles. The van der Waals surface area contributed by atoms with Crippen LogP contribution in [0, 0.1) is 0 Å². The molecule has 0 saturated carbocycles. The second-order valence-corrected chi connectivity index (χ2v) is 9.11.